The van der Waals surface area contributed by atoms with Gasteiger partial charge in [-0.3, -0.25) is 4.28 Å². The molecular formula is C14H22F3NO5S. The van der Waals surface area contributed by atoms with Gasteiger partial charge in [0.1, 0.15) is 11.5 Å². The highest BCUT2D eigenvalue weighted by atomic mass is 32.2. The lowest BCUT2D eigenvalue weighted by Gasteiger charge is -2.10. The van der Waals surface area contributed by atoms with Crippen LogP contribution in [-0.4, -0.2) is 46.9 Å². The molecule has 0 heterocycles. The van der Waals surface area contributed by atoms with Crippen molar-refractivity contribution in [2.75, 3.05) is 26.6 Å². The fourth-order valence-corrected chi connectivity index (χ4v) is 1.97. The number of rotatable bonds is 7. The van der Waals surface area contributed by atoms with Crippen LogP contribution in [0.1, 0.15) is 20.4 Å². The third kappa shape index (κ3) is 7.64. The van der Waals surface area contributed by atoms with E-state index in [4.69, 9.17) is 4.74 Å². The second-order valence-electron chi connectivity index (χ2n) is 4.00. The zero-order valence-electron chi connectivity index (χ0n) is 11.8. The first-order valence-corrected chi connectivity index (χ1v) is 7.47. The number of ether oxygens (including phenoxy) is 2. The average molecular weight is 373 g/mol. The maximum atomic E-state index is 13.0. The molecule has 140 valence electrons. The van der Waals surface area contributed by atoms with Gasteiger partial charge in [-0.25, -0.2) is 0 Å². The smallest absolute Gasteiger partial charge is 0.437 e. The van der Waals surface area contributed by atoms with Crippen molar-refractivity contribution in [3.8, 4) is 5.75 Å². The number of alkyl halides is 3. The molecule has 0 bridgehead atoms. The summed E-state index contributed by atoms with van der Waals surface area (Å²) in [5.74, 6) is -0.264. The van der Waals surface area contributed by atoms with Crippen molar-refractivity contribution in [1.29, 1.82) is 0 Å². The van der Waals surface area contributed by atoms with Crippen LogP contribution in [0.5, 0.6) is 5.75 Å². The van der Waals surface area contributed by atoms with E-state index < -0.39 is 27.8 Å². The molecule has 1 aromatic rings. The van der Waals surface area contributed by atoms with Crippen LogP contribution in [-0.2, 0) is 19.1 Å². The number of methoxy groups -OCH3 is 2. The fraction of sp³-hybridized carbons (Fsp3) is 0.500. The van der Waals surface area contributed by atoms with E-state index >= 15 is 0 Å². The average Bonchev–Trinajstić information content (AvgIpc) is 2.44. The first kappa shape index (κ1) is 24.4. The largest absolute Gasteiger partial charge is 0.497 e. The van der Waals surface area contributed by atoms with Gasteiger partial charge in [0.25, 0.3) is 0 Å². The van der Waals surface area contributed by atoms with Crippen LogP contribution in [0.3, 0.4) is 0 Å². The predicted octanol–water partition coefficient (Wildman–Crippen LogP) is 3.23. The Kier molecular flexibility index (Phi) is 10.3. The van der Waals surface area contributed by atoms with Gasteiger partial charge in [-0.1, -0.05) is 20.0 Å². The summed E-state index contributed by atoms with van der Waals surface area (Å²) in [6.07, 6.45) is -4.88. The Bertz CT molecular complexity index is 612. The van der Waals surface area contributed by atoms with Gasteiger partial charge in [0, 0.05) is 12.7 Å². The van der Waals surface area contributed by atoms with Crippen molar-refractivity contribution in [2.24, 2.45) is 5.16 Å². The van der Waals surface area contributed by atoms with Gasteiger partial charge in [0.15, 0.2) is 5.71 Å². The molecule has 0 unspecified atom stereocenters. The minimum Gasteiger partial charge on any atom is -0.497 e. The van der Waals surface area contributed by atoms with Crippen LogP contribution < -0.4 is 4.74 Å². The van der Waals surface area contributed by atoms with Crippen LogP contribution in [0.15, 0.2) is 29.4 Å². The minimum absolute atomic E-state index is 0. The third-order valence-electron chi connectivity index (χ3n) is 2.41. The van der Waals surface area contributed by atoms with Crippen LogP contribution in [0.25, 0.3) is 0 Å². The lowest BCUT2D eigenvalue weighted by Crippen LogP contribution is -2.25. The SMILES string of the molecule is C.C.COCCS(=O)(=O)ON=C(c1ccc(OC)cc1)C(F)(F)F. The van der Waals surface area contributed by atoms with E-state index in [1.807, 2.05) is 0 Å². The van der Waals surface area contributed by atoms with Crippen LogP contribution in [0, 0.1) is 0 Å². The van der Waals surface area contributed by atoms with Crippen molar-refractivity contribution in [1.82, 2.24) is 0 Å². The van der Waals surface area contributed by atoms with E-state index in [9.17, 15) is 21.6 Å². The Morgan fingerprint density at radius 3 is 2.08 bits per heavy atom. The molecule has 1 aromatic carbocycles. The highest BCUT2D eigenvalue weighted by Crippen LogP contribution is 2.24. The molecule has 0 aliphatic heterocycles. The summed E-state index contributed by atoms with van der Waals surface area (Å²) < 4.78 is 75.0. The predicted molar refractivity (Wildman–Crippen MR) is 85.8 cm³/mol. The van der Waals surface area contributed by atoms with Gasteiger partial charge in [-0.15, -0.1) is 0 Å². The van der Waals surface area contributed by atoms with E-state index in [1.54, 1.807) is 0 Å². The maximum absolute atomic E-state index is 13.0. The monoisotopic (exact) mass is 373 g/mol. The van der Waals surface area contributed by atoms with Gasteiger partial charge < -0.3 is 9.47 Å². The van der Waals surface area contributed by atoms with E-state index in [1.165, 1.54) is 26.4 Å². The van der Waals surface area contributed by atoms with Crippen LogP contribution in [0.4, 0.5) is 13.2 Å². The molecule has 0 aliphatic carbocycles. The van der Waals surface area contributed by atoms with E-state index in [2.05, 4.69) is 14.2 Å². The number of halogens is 3. The second-order valence-corrected chi connectivity index (χ2v) is 5.67. The molecule has 0 aromatic heterocycles. The topological polar surface area (TPSA) is 74.2 Å². The van der Waals surface area contributed by atoms with E-state index in [0.717, 1.165) is 12.1 Å². The van der Waals surface area contributed by atoms with Gasteiger partial charge in [0.2, 0.25) is 0 Å². The summed E-state index contributed by atoms with van der Waals surface area (Å²) in [6.45, 7) is -0.220. The molecule has 0 N–H and O–H groups in total. The molecule has 1 rings (SSSR count). The Hall–Kier alpha value is -1.81. The number of oxime groups is 1. The van der Waals surface area contributed by atoms with Crippen LogP contribution in [0.2, 0.25) is 0 Å². The Balaban J connectivity index is 0. The first-order valence-electron chi connectivity index (χ1n) is 5.89. The lowest BCUT2D eigenvalue weighted by molar-refractivity contribution is -0.0597. The fourth-order valence-electron chi connectivity index (χ4n) is 1.33. The van der Waals surface area contributed by atoms with Crippen molar-refractivity contribution in [3.05, 3.63) is 29.8 Å². The summed E-state index contributed by atoms with van der Waals surface area (Å²) >= 11 is 0. The second kappa shape index (κ2) is 10.1. The molecule has 0 spiro atoms. The highest BCUT2D eigenvalue weighted by Gasteiger charge is 2.38. The first-order chi connectivity index (χ1) is 10.2. The highest BCUT2D eigenvalue weighted by molar-refractivity contribution is 7.86. The molecule has 10 heteroatoms. The molecule has 0 radical (unpaired) electrons. The van der Waals surface area contributed by atoms with Gasteiger partial charge in [-0.2, -0.15) is 21.6 Å². The van der Waals surface area contributed by atoms with Crippen molar-refractivity contribution in [2.45, 2.75) is 21.0 Å². The quantitative estimate of drug-likeness (QED) is 0.542. The molecular weight excluding hydrogens is 351 g/mol. The standard InChI is InChI=1S/C12H14F3NO5S.2CH4/c1-19-7-8-22(17,18)21-16-11(12(13,14)15)9-3-5-10(20-2)6-4-9;;/h3-6H,7-8H2,1-2H3;2*1H4. The molecule has 6 nitrogen and oxygen atoms in total. The zero-order valence-corrected chi connectivity index (χ0v) is 12.6. The zero-order chi connectivity index (χ0) is 16.8. The normalized spacial score (nSPS) is 12.0. The molecule has 24 heavy (non-hydrogen) atoms. The van der Waals surface area contributed by atoms with E-state index in [-0.39, 0.29) is 27.0 Å². The summed E-state index contributed by atoms with van der Waals surface area (Å²) in [5.41, 5.74) is -1.81. The summed E-state index contributed by atoms with van der Waals surface area (Å²) in [4.78, 5) is 0. The third-order valence-corrected chi connectivity index (χ3v) is 3.38. The molecule has 0 aliphatic rings. The van der Waals surface area contributed by atoms with Crippen molar-refractivity contribution in [3.63, 3.8) is 0 Å². The van der Waals surface area contributed by atoms with Crippen LogP contribution >= 0.6 is 0 Å². The molecule has 0 saturated carbocycles. The number of benzene rings is 1. The minimum atomic E-state index is -4.88. The van der Waals surface area contributed by atoms with E-state index in [0.29, 0.717) is 5.75 Å². The summed E-state index contributed by atoms with van der Waals surface area (Å²) in [7, 11) is -1.65. The Labute approximate surface area is 140 Å². The lowest BCUT2D eigenvalue weighted by atomic mass is 10.1. The van der Waals surface area contributed by atoms with Gasteiger partial charge in [0.05, 0.1) is 13.7 Å². The van der Waals surface area contributed by atoms with Gasteiger partial charge in [-0.05, 0) is 24.3 Å². The number of nitrogens with zero attached hydrogens (tertiary/aromatic N) is 1. The molecule has 0 amide bonds. The van der Waals surface area contributed by atoms with Crippen molar-refractivity contribution < 1.29 is 35.3 Å². The van der Waals surface area contributed by atoms with Gasteiger partial charge >= 0.3 is 16.3 Å². The summed E-state index contributed by atoms with van der Waals surface area (Å²) in [5, 5.41) is 2.75. The Morgan fingerprint density at radius 1 is 1.12 bits per heavy atom. The summed E-state index contributed by atoms with van der Waals surface area (Å²) in [6, 6.07) is 4.76. The van der Waals surface area contributed by atoms with Crippen molar-refractivity contribution >= 4 is 15.8 Å². The number of hydrogen-bond acceptors (Lipinski definition) is 6. The Morgan fingerprint density at radius 2 is 1.67 bits per heavy atom. The molecule has 0 atom stereocenters. The maximum Gasteiger partial charge on any atom is 0.437 e. The molecule has 0 saturated heterocycles. The molecule has 0 fully saturated rings. The number of hydrogen-bond donors (Lipinski definition) is 0.